The molecule has 17 heavy (non-hydrogen) atoms. The number of rotatable bonds is 4. The fourth-order valence-corrected chi connectivity index (χ4v) is 2.04. The van der Waals surface area contributed by atoms with Gasteiger partial charge in [0.05, 0.1) is 12.6 Å². The lowest BCUT2D eigenvalue weighted by molar-refractivity contribution is 0.0935. The molecule has 0 aliphatic carbocycles. The third kappa shape index (κ3) is 2.34. The summed E-state index contributed by atoms with van der Waals surface area (Å²) in [6.07, 6.45) is 1.80. The van der Waals surface area contributed by atoms with Crippen LogP contribution in [0.25, 0.3) is 0 Å². The van der Waals surface area contributed by atoms with Gasteiger partial charge in [0.25, 0.3) is 0 Å². The van der Waals surface area contributed by atoms with Crippen LogP contribution in [0.2, 0.25) is 0 Å². The van der Waals surface area contributed by atoms with E-state index < -0.39 is 6.04 Å². The summed E-state index contributed by atoms with van der Waals surface area (Å²) < 4.78 is 5.42. The van der Waals surface area contributed by atoms with E-state index in [1.54, 1.807) is 0 Å². The number of Topliss-reactive ketones (excluding diaryl/α,β-unsaturated/α-hetero) is 1. The van der Waals surface area contributed by atoms with Crippen molar-refractivity contribution in [2.75, 3.05) is 6.61 Å². The van der Waals surface area contributed by atoms with Crippen molar-refractivity contribution in [1.82, 2.24) is 0 Å². The Kier molecular flexibility index (Phi) is 3.48. The first-order chi connectivity index (χ1) is 8.13. The van der Waals surface area contributed by atoms with Gasteiger partial charge in [0.15, 0.2) is 5.78 Å². The van der Waals surface area contributed by atoms with Crippen molar-refractivity contribution < 1.29 is 9.53 Å². The molecular weight excluding hydrogens is 214 g/mol. The first-order valence-corrected chi connectivity index (χ1v) is 6.19. The summed E-state index contributed by atoms with van der Waals surface area (Å²) in [6.45, 7) is 4.78. The molecule has 2 rings (SSSR count). The molecule has 2 N–H and O–H groups in total. The second kappa shape index (κ2) is 4.88. The average molecular weight is 233 g/mol. The number of hydrogen-bond donors (Lipinski definition) is 1. The second-order valence-electron chi connectivity index (χ2n) is 4.70. The highest BCUT2D eigenvalue weighted by molar-refractivity contribution is 6.00. The van der Waals surface area contributed by atoms with E-state index in [-0.39, 0.29) is 11.7 Å². The molecule has 1 aromatic carbocycles. The van der Waals surface area contributed by atoms with Gasteiger partial charge in [-0.05, 0) is 29.7 Å². The Morgan fingerprint density at radius 1 is 1.53 bits per heavy atom. The molecule has 0 amide bonds. The van der Waals surface area contributed by atoms with E-state index in [9.17, 15) is 4.79 Å². The fraction of sp³-hybridized carbons (Fsp3) is 0.500. The van der Waals surface area contributed by atoms with Crippen molar-refractivity contribution >= 4 is 5.78 Å². The van der Waals surface area contributed by atoms with E-state index in [1.165, 1.54) is 0 Å². The molecule has 0 bridgehead atoms. The van der Waals surface area contributed by atoms with E-state index in [2.05, 4.69) is 0 Å². The van der Waals surface area contributed by atoms with Crippen LogP contribution in [0.5, 0.6) is 5.75 Å². The molecule has 1 aliphatic heterocycles. The standard InChI is InChI=1S/C14H19NO2/c1-3-9(2)13(15)14(16)11-4-5-12-10(8-11)6-7-17-12/h4-5,8-9,13H,3,6-7,15H2,1-2H3. The third-order valence-corrected chi connectivity index (χ3v) is 3.53. The van der Waals surface area contributed by atoms with Crippen molar-refractivity contribution in [2.45, 2.75) is 32.7 Å². The summed E-state index contributed by atoms with van der Waals surface area (Å²) in [7, 11) is 0. The lowest BCUT2D eigenvalue weighted by Crippen LogP contribution is -2.36. The Morgan fingerprint density at radius 3 is 3.00 bits per heavy atom. The predicted octanol–water partition coefficient (Wildman–Crippen LogP) is 2.18. The Balaban J connectivity index is 2.20. The highest BCUT2D eigenvalue weighted by Crippen LogP contribution is 2.26. The molecule has 2 atom stereocenters. The summed E-state index contributed by atoms with van der Waals surface area (Å²) in [5.74, 6) is 1.15. The summed E-state index contributed by atoms with van der Waals surface area (Å²) in [4.78, 5) is 12.2. The molecule has 1 heterocycles. The van der Waals surface area contributed by atoms with Crippen molar-refractivity contribution in [2.24, 2.45) is 11.7 Å². The quantitative estimate of drug-likeness (QED) is 0.811. The van der Waals surface area contributed by atoms with Crippen molar-refractivity contribution in [3.63, 3.8) is 0 Å². The van der Waals surface area contributed by atoms with Crippen molar-refractivity contribution in [3.8, 4) is 5.75 Å². The summed E-state index contributed by atoms with van der Waals surface area (Å²) in [5, 5.41) is 0. The first kappa shape index (κ1) is 12.1. The Bertz CT molecular complexity index is 428. The number of hydrogen-bond acceptors (Lipinski definition) is 3. The predicted molar refractivity (Wildman–Crippen MR) is 67.4 cm³/mol. The second-order valence-corrected chi connectivity index (χ2v) is 4.70. The van der Waals surface area contributed by atoms with Crippen LogP contribution >= 0.6 is 0 Å². The van der Waals surface area contributed by atoms with Crippen molar-refractivity contribution in [3.05, 3.63) is 29.3 Å². The normalized spacial score (nSPS) is 17.1. The molecule has 1 aliphatic rings. The number of benzene rings is 1. The van der Waals surface area contributed by atoms with Gasteiger partial charge in [-0.25, -0.2) is 0 Å². The number of fused-ring (bicyclic) bond motifs is 1. The minimum absolute atomic E-state index is 0.0362. The Hall–Kier alpha value is -1.35. The minimum Gasteiger partial charge on any atom is -0.493 e. The molecule has 2 unspecified atom stereocenters. The van der Waals surface area contributed by atoms with Gasteiger partial charge in [-0.2, -0.15) is 0 Å². The van der Waals surface area contributed by atoms with Crippen LogP contribution in [0.3, 0.4) is 0 Å². The Morgan fingerprint density at radius 2 is 2.29 bits per heavy atom. The number of ketones is 1. The van der Waals surface area contributed by atoms with Gasteiger partial charge in [0.2, 0.25) is 0 Å². The zero-order valence-electron chi connectivity index (χ0n) is 10.4. The van der Waals surface area contributed by atoms with Gasteiger partial charge < -0.3 is 10.5 Å². The maximum atomic E-state index is 12.2. The van der Waals surface area contributed by atoms with Crippen LogP contribution in [-0.2, 0) is 6.42 Å². The highest BCUT2D eigenvalue weighted by atomic mass is 16.5. The van der Waals surface area contributed by atoms with Crippen LogP contribution in [0.4, 0.5) is 0 Å². The molecule has 3 nitrogen and oxygen atoms in total. The summed E-state index contributed by atoms with van der Waals surface area (Å²) in [5.41, 5.74) is 7.80. The van der Waals surface area contributed by atoms with Gasteiger partial charge in [-0.15, -0.1) is 0 Å². The molecule has 0 fully saturated rings. The van der Waals surface area contributed by atoms with Crippen LogP contribution in [-0.4, -0.2) is 18.4 Å². The number of nitrogens with two attached hydrogens (primary N) is 1. The molecule has 0 spiro atoms. The number of ether oxygens (including phenoxy) is 1. The van der Waals surface area contributed by atoms with E-state index in [4.69, 9.17) is 10.5 Å². The monoisotopic (exact) mass is 233 g/mol. The molecule has 3 heteroatoms. The van der Waals surface area contributed by atoms with E-state index in [0.29, 0.717) is 12.2 Å². The summed E-state index contributed by atoms with van der Waals surface area (Å²) in [6, 6.07) is 5.21. The lowest BCUT2D eigenvalue weighted by Gasteiger charge is -2.17. The van der Waals surface area contributed by atoms with E-state index in [0.717, 1.165) is 24.2 Å². The van der Waals surface area contributed by atoms with Crippen LogP contribution in [0.15, 0.2) is 18.2 Å². The molecule has 0 saturated carbocycles. The van der Waals surface area contributed by atoms with Gasteiger partial charge >= 0.3 is 0 Å². The molecule has 0 saturated heterocycles. The maximum absolute atomic E-state index is 12.2. The molecule has 0 radical (unpaired) electrons. The third-order valence-electron chi connectivity index (χ3n) is 3.53. The minimum atomic E-state index is -0.402. The topological polar surface area (TPSA) is 52.3 Å². The average Bonchev–Trinajstić information content (AvgIpc) is 2.83. The largest absolute Gasteiger partial charge is 0.493 e. The zero-order chi connectivity index (χ0) is 12.4. The first-order valence-electron chi connectivity index (χ1n) is 6.19. The van der Waals surface area contributed by atoms with Gasteiger partial charge in [0, 0.05) is 12.0 Å². The molecular formula is C14H19NO2. The van der Waals surface area contributed by atoms with Gasteiger partial charge in [0.1, 0.15) is 5.75 Å². The smallest absolute Gasteiger partial charge is 0.179 e. The Labute approximate surface area is 102 Å². The molecule has 0 aromatic heterocycles. The molecule has 1 aromatic rings. The SMILES string of the molecule is CCC(C)C(N)C(=O)c1ccc2c(c1)CCO2. The van der Waals surface area contributed by atoms with Crippen LogP contribution in [0, 0.1) is 5.92 Å². The van der Waals surface area contributed by atoms with Gasteiger partial charge in [-0.1, -0.05) is 20.3 Å². The number of carbonyl (C=O) groups excluding carboxylic acids is 1. The van der Waals surface area contributed by atoms with E-state index in [1.807, 2.05) is 32.0 Å². The van der Waals surface area contributed by atoms with E-state index >= 15 is 0 Å². The zero-order valence-corrected chi connectivity index (χ0v) is 10.4. The van der Waals surface area contributed by atoms with Gasteiger partial charge in [-0.3, -0.25) is 4.79 Å². The van der Waals surface area contributed by atoms with Crippen LogP contribution < -0.4 is 10.5 Å². The van der Waals surface area contributed by atoms with Crippen LogP contribution in [0.1, 0.15) is 36.2 Å². The van der Waals surface area contributed by atoms with Crippen molar-refractivity contribution in [1.29, 1.82) is 0 Å². The lowest BCUT2D eigenvalue weighted by atomic mass is 9.92. The maximum Gasteiger partial charge on any atom is 0.179 e. The number of carbonyl (C=O) groups is 1. The highest BCUT2D eigenvalue weighted by Gasteiger charge is 2.22. The fourth-order valence-electron chi connectivity index (χ4n) is 2.04. The molecule has 92 valence electrons. The summed E-state index contributed by atoms with van der Waals surface area (Å²) >= 11 is 0.